The van der Waals surface area contributed by atoms with Crippen LogP contribution in [0.5, 0.6) is 5.75 Å². The molecule has 0 fully saturated rings. The maximum Gasteiger partial charge on any atom is 0.161 e. The predicted molar refractivity (Wildman–Crippen MR) is 77.9 cm³/mol. The van der Waals surface area contributed by atoms with Gasteiger partial charge in [-0.05, 0) is 32.0 Å². The molecule has 1 atom stereocenters. The van der Waals surface area contributed by atoms with Crippen LogP contribution in [0.15, 0.2) is 29.0 Å². The Labute approximate surface area is 119 Å². The van der Waals surface area contributed by atoms with Gasteiger partial charge in [0.05, 0.1) is 31.3 Å². The zero-order chi connectivity index (χ0) is 14.4. The first-order valence-electron chi connectivity index (χ1n) is 7.15. The number of nitrogens with one attached hydrogen (secondary N) is 1. The number of furan rings is 1. The lowest BCUT2D eigenvalue weighted by Gasteiger charge is -2.20. The molecular formula is C15H23N3O2. The molecule has 2 aromatic rings. The van der Waals surface area contributed by atoms with E-state index in [1.54, 1.807) is 19.6 Å². The fraction of sp³-hybridized carbons (Fsp3) is 0.533. The normalized spacial score (nSPS) is 12.6. The number of aryl methyl sites for hydroxylation is 2. The standard InChI is InChI=1S/C15H23N3O2/c1-4-16-13(9-8-12-7-6-10-20-12)15-14(19-3)11-17-18(15)5-2/h6-7,10-11,13,16H,4-5,8-9H2,1-3H3. The van der Waals surface area contributed by atoms with E-state index in [1.165, 1.54) is 0 Å². The van der Waals surface area contributed by atoms with Crippen LogP contribution in [0.1, 0.15) is 37.8 Å². The van der Waals surface area contributed by atoms with Gasteiger partial charge in [0.2, 0.25) is 0 Å². The first-order valence-corrected chi connectivity index (χ1v) is 7.15. The highest BCUT2D eigenvalue weighted by atomic mass is 16.5. The smallest absolute Gasteiger partial charge is 0.161 e. The summed E-state index contributed by atoms with van der Waals surface area (Å²) in [6.07, 6.45) is 5.34. The van der Waals surface area contributed by atoms with Gasteiger partial charge in [-0.3, -0.25) is 4.68 Å². The molecule has 0 amide bonds. The van der Waals surface area contributed by atoms with Gasteiger partial charge in [-0.2, -0.15) is 5.10 Å². The topological polar surface area (TPSA) is 52.2 Å². The number of ether oxygens (including phenoxy) is 1. The minimum atomic E-state index is 0.211. The summed E-state index contributed by atoms with van der Waals surface area (Å²) in [6, 6.07) is 4.15. The minimum absolute atomic E-state index is 0.211. The molecule has 0 aliphatic carbocycles. The fourth-order valence-corrected chi connectivity index (χ4v) is 2.46. The molecule has 2 heterocycles. The molecule has 0 saturated carbocycles. The Kier molecular flexibility index (Phi) is 5.24. The Morgan fingerprint density at radius 3 is 2.90 bits per heavy atom. The summed E-state index contributed by atoms with van der Waals surface area (Å²) < 4.78 is 12.9. The van der Waals surface area contributed by atoms with Crippen LogP contribution in [-0.4, -0.2) is 23.4 Å². The molecule has 0 radical (unpaired) electrons. The van der Waals surface area contributed by atoms with Crippen molar-refractivity contribution in [1.29, 1.82) is 0 Å². The number of hydrogen-bond donors (Lipinski definition) is 1. The summed E-state index contributed by atoms with van der Waals surface area (Å²) in [5.41, 5.74) is 1.11. The highest BCUT2D eigenvalue weighted by Crippen LogP contribution is 2.28. The zero-order valence-corrected chi connectivity index (χ0v) is 12.4. The molecule has 1 unspecified atom stereocenters. The summed E-state index contributed by atoms with van der Waals surface area (Å²) in [5.74, 6) is 1.85. The Balaban J connectivity index is 2.16. The Bertz CT molecular complexity index is 484. The van der Waals surface area contributed by atoms with Crippen LogP contribution in [0, 0.1) is 0 Å². The van der Waals surface area contributed by atoms with Crippen molar-refractivity contribution in [1.82, 2.24) is 15.1 Å². The lowest BCUT2D eigenvalue weighted by Crippen LogP contribution is -2.24. The van der Waals surface area contributed by atoms with Gasteiger partial charge in [-0.25, -0.2) is 0 Å². The van der Waals surface area contributed by atoms with Gasteiger partial charge in [0, 0.05) is 13.0 Å². The quantitative estimate of drug-likeness (QED) is 0.806. The second-order valence-corrected chi connectivity index (χ2v) is 4.64. The van der Waals surface area contributed by atoms with Crippen molar-refractivity contribution in [3.63, 3.8) is 0 Å². The molecule has 0 saturated heterocycles. The maximum absolute atomic E-state index is 5.45. The van der Waals surface area contributed by atoms with Crippen molar-refractivity contribution in [2.75, 3.05) is 13.7 Å². The summed E-state index contributed by atoms with van der Waals surface area (Å²) in [7, 11) is 1.69. The van der Waals surface area contributed by atoms with Gasteiger partial charge in [-0.15, -0.1) is 0 Å². The van der Waals surface area contributed by atoms with Crippen LogP contribution in [-0.2, 0) is 13.0 Å². The maximum atomic E-state index is 5.45. The number of aromatic nitrogens is 2. The predicted octanol–water partition coefficient (Wildman–Crippen LogP) is 2.79. The third-order valence-electron chi connectivity index (χ3n) is 3.40. The van der Waals surface area contributed by atoms with E-state index in [0.717, 1.165) is 43.1 Å². The number of hydrogen-bond acceptors (Lipinski definition) is 4. The monoisotopic (exact) mass is 277 g/mol. The van der Waals surface area contributed by atoms with Crippen molar-refractivity contribution in [3.8, 4) is 5.75 Å². The first kappa shape index (κ1) is 14.7. The van der Waals surface area contributed by atoms with Crippen LogP contribution >= 0.6 is 0 Å². The van der Waals surface area contributed by atoms with Crippen LogP contribution in [0.2, 0.25) is 0 Å². The molecule has 110 valence electrons. The van der Waals surface area contributed by atoms with E-state index in [4.69, 9.17) is 9.15 Å². The molecule has 5 heteroatoms. The minimum Gasteiger partial charge on any atom is -0.493 e. The summed E-state index contributed by atoms with van der Waals surface area (Å²) in [4.78, 5) is 0. The molecular weight excluding hydrogens is 254 g/mol. The van der Waals surface area contributed by atoms with Crippen molar-refractivity contribution in [3.05, 3.63) is 36.0 Å². The highest BCUT2D eigenvalue weighted by molar-refractivity contribution is 5.28. The van der Waals surface area contributed by atoms with Gasteiger partial charge < -0.3 is 14.5 Å². The van der Waals surface area contributed by atoms with E-state index in [0.29, 0.717) is 0 Å². The van der Waals surface area contributed by atoms with E-state index in [9.17, 15) is 0 Å². The highest BCUT2D eigenvalue weighted by Gasteiger charge is 2.21. The van der Waals surface area contributed by atoms with E-state index < -0.39 is 0 Å². The molecule has 2 rings (SSSR count). The van der Waals surface area contributed by atoms with Gasteiger partial charge >= 0.3 is 0 Å². The van der Waals surface area contributed by atoms with Crippen LogP contribution < -0.4 is 10.1 Å². The lowest BCUT2D eigenvalue weighted by molar-refractivity contribution is 0.382. The number of rotatable bonds is 8. The van der Waals surface area contributed by atoms with Crippen molar-refractivity contribution in [2.45, 2.75) is 39.3 Å². The first-order chi connectivity index (χ1) is 9.80. The van der Waals surface area contributed by atoms with Gasteiger partial charge in [0.25, 0.3) is 0 Å². The largest absolute Gasteiger partial charge is 0.493 e. The summed E-state index contributed by atoms with van der Waals surface area (Å²) in [5, 5.41) is 7.90. The SMILES string of the molecule is CCNC(CCc1ccco1)c1c(OC)cnn1CC. The molecule has 0 spiro atoms. The third kappa shape index (κ3) is 3.22. The average Bonchev–Trinajstić information content (AvgIpc) is 3.12. The Morgan fingerprint density at radius 2 is 2.30 bits per heavy atom. The molecule has 5 nitrogen and oxygen atoms in total. The van der Waals surface area contributed by atoms with Crippen LogP contribution in [0.4, 0.5) is 0 Å². The Morgan fingerprint density at radius 1 is 1.45 bits per heavy atom. The zero-order valence-electron chi connectivity index (χ0n) is 12.4. The Hall–Kier alpha value is -1.75. The molecule has 1 N–H and O–H groups in total. The van der Waals surface area contributed by atoms with Gasteiger partial charge in [0.15, 0.2) is 5.75 Å². The summed E-state index contributed by atoms with van der Waals surface area (Å²) >= 11 is 0. The lowest BCUT2D eigenvalue weighted by atomic mass is 10.1. The molecule has 2 aromatic heterocycles. The second-order valence-electron chi connectivity index (χ2n) is 4.64. The van der Waals surface area contributed by atoms with E-state index >= 15 is 0 Å². The summed E-state index contributed by atoms with van der Waals surface area (Å²) in [6.45, 7) is 5.94. The van der Waals surface area contributed by atoms with Crippen molar-refractivity contribution < 1.29 is 9.15 Å². The van der Waals surface area contributed by atoms with Gasteiger partial charge in [-0.1, -0.05) is 6.92 Å². The van der Waals surface area contributed by atoms with Crippen LogP contribution in [0.3, 0.4) is 0 Å². The van der Waals surface area contributed by atoms with E-state index in [-0.39, 0.29) is 6.04 Å². The molecule has 0 bridgehead atoms. The van der Waals surface area contributed by atoms with E-state index in [1.807, 2.05) is 16.8 Å². The third-order valence-corrected chi connectivity index (χ3v) is 3.40. The molecule has 0 aromatic carbocycles. The van der Waals surface area contributed by atoms with Crippen LogP contribution in [0.25, 0.3) is 0 Å². The average molecular weight is 277 g/mol. The fourth-order valence-electron chi connectivity index (χ4n) is 2.46. The van der Waals surface area contributed by atoms with Crippen molar-refractivity contribution in [2.24, 2.45) is 0 Å². The number of methoxy groups -OCH3 is 1. The molecule has 0 aliphatic heterocycles. The van der Waals surface area contributed by atoms with E-state index in [2.05, 4.69) is 24.3 Å². The number of nitrogens with zero attached hydrogens (tertiary/aromatic N) is 2. The van der Waals surface area contributed by atoms with Gasteiger partial charge in [0.1, 0.15) is 5.76 Å². The second kappa shape index (κ2) is 7.14. The van der Waals surface area contributed by atoms with Crippen molar-refractivity contribution >= 4 is 0 Å². The molecule has 0 aliphatic rings. The molecule has 20 heavy (non-hydrogen) atoms.